The highest BCUT2D eigenvalue weighted by Crippen LogP contribution is 2.32. The minimum Gasteiger partial charge on any atom is -0.454 e. The molecule has 0 atom stereocenters. The van der Waals surface area contributed by atoms with Crippen molar-refractivity contribution in [3.05, 3.63) is 60.1 Å². The Kier molecular flexibility index (Phi) is 3.85. The van der Waals surface area contributed by atoms with Crippen molar-refractivity contribution in [2.24, 2.45) is 0 Å². The van der Waals surface area contributed by atoms with Gasteiger partial charge in [0, 0.05) is 18.2 Å². The van der Waals surface area contributed by atoms with Crippen LogP contribution in [-0.2, 0) is 11.2 Å². The average molecular weight is 336 g/mol. The number of hydrogen-bond acceptors (Lipinski definition) is 5. The molecular weight excluding hydrogens is 320 g/mol. The van der Waals surface area contributed by atoms with Crippen LogP contribution < -0.4 is 14.8 Å². The van der Waals surface area contributed by atoms with Gasteiger partial charge in [0.15, 0.2) is 23.1 Å². The number of aromatic nitrogens is 1. The number of fused-ring (bicyclic) bond motifs is 1. The summed E-state index contributed by atoms with van der Waals surface area (Å²) in [5.41, 5.74) is 2.51. The number of benzene rings is 2. The van der Waals surface area contributed by atoms with E-state index in [1.165, 1.54) is 0 Å². The number of carbonyl (C=O) groups is 1. The van der Waals surface area contributed by atoms with E-state index in [9.17, 15) is 4.79 Å². The zero-order valence-corrected chi connectivity index (χ0v) is 13.6. The number of oxazole rings is 1. The molecule has 0 saturated heterocycles. The quantitative estimate of drug-likeness (QED) is 0.788. The molecule has 1 aromatic heterocycles. The number of rotatable bonds is 4. The molecular formula is C19H16N2O4. The first kappa shape index (κ1) is 15.3. The van der Waals surface area contributed by atoms with Crippen molar-refractivity contribution in [1.82, 2.24) is 4.98 Å². The molecule has 0 radical (unpaired) electrons. The highest BCUT2D eigenvalue weighted by atomic mass is 16.7. The summed E-state index contributed by atoms with van der Waals surface area (Å²) in [6, 6.07) is 13.0. The lowest BCUT2D eigenvalue weighted by Crippen LogP contribution is -2.14. The highest BCUT2D eigenvalue weighted by Gasteiger charge is 2.14. The first-order valence-corrected chi connectivity index (χ1v) is 7.88. The van der Waals surface area contributed by atoms with Gasteiger partial charge in [0.2, 0.25) is 12.7 Å². The van der Waals surface area contributed by atoms with E-state index < -0.39 is 0 Å². The summed E-state index contributed by atoms with van der Waals surface area (Å²) in [6.45, 7) is 2.02. The summed E-state index contributed by atoms with van der Waals surface area (Å²) in [7, 11) is 0. The van der Waals surface area contributed by atoms with Gasteiger partial charge in [-0.05, 0) is 42.0 Å². The average Bonchev–Trinajstić information content (AvgIpc) is 3.24. The lowest BCUT2D eigenvalue weighted by atomic mass is 10.1. The van der Waals surface area contributed by atoms with Gasteiger partial charge < -0.3 is 19.2 Å². The van der Waals surface area contributed by atoms with Crippen LogP contribution in [0.15, 0.2) is 53.1 Å². The number of aryl methyl sites for hydroxylation is 1. The molecule has 0 aliphatic carbocycles. The van der Waals surface area contributed by atoms with Gasteiger partial charge in [-0.15, -0.1) is 0 Å². The molecule has 1 aliphatic rings. The van der Waals surface area contributed by atoms with E-state index >= 15 is 0 Å². The number of amides is 1. The molecule has 6 heteroatoms. The molecule has 126 valence electrons. The van der Waals surface area contributed by atoms with Gasteiger partial charge in [0.25, 0.3) is 0 Å². The molecule has 1 amide bonds. The van der Waals surface area contributed by atoms with Crippen LogP contribution >= 0.6 is 0 Å². The van der Waals surface area contributed by atoms with Gasteiger partial charge in [-0.3, -0.25) is 4.79 Å². The van der Waals surface area contributed by atoms with E-state index in [2.05, 4.69) is 10.3 Å². The maximum Gasteiger partial charge on any atom is 0.231 e. The third-order valence-electron chi connectivity index (χ3n) is 3.88. The normalized spacial score (nSPS) is 12.2. The Hall–Kier alpha value is -3.28. The first-order valence-electron chi connectivity index (χ1n) is 7.88. The molecule has 2 heterocycles. The molecule has 0 saturated carbocycles. The maximum absolute atomic E-state index is 12.2. The lowest BCUT2D eigenvalue weighted by Gasteiger charge is -2.07. The molecule has 1 N–H and O–H groups in total. The molecule has 6 nitrogen and oxygen atoms in total. The third-order valence-corrected chi connectivity index (χ3v) is 3.88. The molecule has 0 fully saturated rings. The smallest absolute Gasteiger partial charge is 0.231 e. The molecule has 1 aliphatic heterocycles. The second-order valence-corrected chi connectivity index (χ2v) is 5.73. The molecule has 0 unspecified atom stereocenters. The maximum atomic E-state index is 12.2. The van der Waals surface area contributed by atoms with Crippen molar-refractivity contribution in [3.8, 4) is 22.8 Å². The Bertz CT molecular complexity index is 915. The van der Waals surface area contributed by atoms with Crippen LogP contribution in [0.2, 0.25) is 0 Å². The van der Waals surface area contributed by atoms with E-state index in [1.54, 1.807) is 13.1 Å². The number of carbonyl (C=O) groups excluding carboxylic acids is 1. The summed E-state index contributed by atoms with van der Waals surface area (Å²) in [4.78, 5) is 16.3. The van der Waals surface area contributed by atoms with E-state index in [-0.39, 0.29) is 19.1 Å². The van der Waals surface area contributed by atoms with Crippen LogP contribution in [0.1, 0.15) is 11.5 Å². The summed E-state index contributed by atoms with van der Waals surface area (Å²) in [5, 5.41) is 2.88. The Morgan fingerprint density at radius 1 is 1.12 bits per heavy atom. The number of hydrogen-bond donors (Lipinski definition) is 1. The summed E-state index contributed by atoms with van der Waals surface area (Å²) >= 11 is 0. The third kappa shape index (κ3) is 3.33. The van der Waals surface area contributed by atoms with Crippen molar-refractivity contribution in [3.63, 3.8) is 0 Å². The van der Waals surface area contributed by atoms with Crippen LogP contribution in [0.3, 0.4) is 0 Å². The summed E-state index contributed by atoms with van der Waals surface area (Å²) in [5.74, 6) is 2.62. The van der Waals surface area contributed by atoms with E-state index in [0.717, 1.165) is 16.8 Å². The predicted octanol–water partition coefficient (Wildman–Crippen LogP) is 3.56. The Balaban J connectivity index is 1.40. The highest BCUT2D eigenvalue weighted by molar-refractivity contribution is 5.92. The monoisotopic (exact) mass is 336 g/mol. The second kappa shape index (κ2) is 6.32. The fraction of sp³-hybridized carbons (Fsp3) is 0.158. The standard InChI is InChI=1S/C19H16N2O4/c1-12-20-10-18(25-12)14-3-5-15(6-4-14)21-19(22)9-13-2-7-16-17(8-13)24-11-23-16/h2-8,10H,9,11H2,1H3,(H,21,22). The largest absolute Gasteiger partial charge is 0.454 e. The van der Waals surface area contributed by atoms with Gasteiger partial charge in [-0.1, -0.05) is 6.07 Å². The Morgan fingerprint density at radius 3 is 2.68 bits per heavy atom. The number of nitrogens with zero attached hydrogens (tertiary/aromatic N) is 1. The number of anilines is 1. The van der Waals surface area contributed by atoms with Gasteiger partial charge in [0.05, 0.1) is 12.6 Å². The molecule has 0 bridgehead atoms. The molecule has 3 aromatic rings. The van der Waals surface area contributed by atoms with Crippen LogP contribution in [0, 0.1) is 6.92 Å². The van der Waals surface area contributed by atoms with Crippen molar-refractivity contribution >= 4 is 11.6 Å². The van der Waals surface area contributed by atoms with Crippen LogP contribution in [-0.4, -0.2) is 17.7 Å². The van der Waals surface area contributed by atoms with Gasteiger partial charge in [-0.2, -0.15) is 0 Å². The topological polar surface area (TPSA) is 73.6 Å². The van der Waals surface area contributed by atoms with Crippen molar-refractivity contribution in [2.45, 2.75) is 13.3 Å². The number of ether oxygens (including phenoxy) is 2. The lowest BCUT2D eigenvalue weighted by molar-refractivity contribution is -0.115. The fourth-order valence-electron chi connectivity index (χ4n) is 2.65. The van der Waals surface area contributed by atoms with Crippen molar-refractivity contribution < 1.29 is 18.7 Å². The summed E-state index contributed by atoms with van der Waals surface area (Å²) < 4.78 is 16.1. The predicted molar refractivity (Wildman–Crippen MR) is 91.6 cm³/mol. The Labute approximate surface area is 144 Å². The Morgan fingerprint density at radius 2 is 1.92 bits per heavy atom. The SMILES string of the molecule is Cc1ncc(-c2ccc(NC(=O)Cc3ccc4c(c3)OCO4)cc2)o1. The number of nitrogens with one attached hydrogen (secondary N) is 1. The van der Waals surface area contributed by atoms with Crippen molar-refractivity contribution in [1.29, 1.82) is 0 Å². The minimum absolute atomic E-state index is 0.0953. The zero-order valence-electron chi connectivity index (χ0n) is 13.6. The zero-order chi connectivity index (χ0) is 17.2. The minimum atomic E-state index is -0.0953. The molecule has 25 heavy (non-hydrogen) atoms. The van der Waals surface area contributed by atoms with Gasteiger partial charge in [-0.25, -0.2) is 4.98 Å². The van der Waals surface area contributed by atoms with Gasteiger partial charge in [0.1, 0.15) is 0 Å². The second-order valence-electron chi connectivity index (χ2n) is 5.73. The summed E-state index contributed by atoms with van der Waals surface area (Å²) in [6.07, 6.45) is 1.95. The first-order chi connectivity index (χ1) is 12.2. The van der Waals surface area contributed by atoms with E-state index in [4.69, 9.17) is 13.9 Å². The van der Waals surface area contributed by atoms with Crippen LogP contribution in [0.25, 0.3) is 11.3 Å². The van der Waals surface area contributed by atoms with Crippen LogP contribution in [0.5, 0.6) is 11.5 Å². The van der Waals surface area contributed by atoms with E-state index in [1.807, 2.05) is 42.5 Å². The molecule has 4 rings (SSSR count). The fourth-order valence-corrected chi connectivity index (χ4v) is 2.65. The molecule has 0 spiro atoms. The van der Waals surface area contributed by atoms with Gasteiger partial charge >= 0.3 is 0 Å². The molecule has 2 aromatic carbocycles. The van der Waals surface area contributed by atoms with Crippen molar-refractivity contribution in [2.75, 3.05) is 12.1 Å². The van der Waals surface area contributed by atoms with E-state index in [0.29, 0.717) is 23.1 Å². The van der Waals surface area contributed by atoms with Crippen LogP contribution in [0.4, 0.5) is 5.69 Å².